The Morgan fingerprint density at radius 1 is 1.17 bits per heavy atom. The van der Waals surface area contributed by atoms with Crippen molar-refractivity contribution in [2.45, 2.75) is 25.7 Å². The molecule has 0 aromatic heterocycles. The lowest BCUT2D eigenvalue weighted by molar-refractivity contribution is -0.0229. The molecule has 1 aromatic rings. The van der Waals surface area contributed by atoms with E-state index in [-0.39, 0.29) is 16.9 Å². The highest BCUT2D eigenvalue weighted by molar-refractivity contribution is 5.98. The van der Waals surface area contributed by atoms with Crippen LogP contribution in [0.25, 0.3) is 0 Å². The molecule has 2 saturated heterocycles. The Balaban J connectivity index is 1.83. The van der Waals surface area contributed by atoms with Gasteiger partial charge >= 0.3 is 5.97 Å². The predicted molar refractivity (Wildman–Crippen MR) is 87.6 cm³/mol. The van der Waals surface area contributed by atoms with E-state index in [2.05, 4.69) is 0 Å². The molecule has 2 heterocycles. The molecule has 0 aliphatic carbocycles. The second kappa shape index (κ2) is 6.81. The number of amides is 1. The molecule has 1 aromatic carbocycles. The number of nitrogens with zero attached hydrogens (tertiary/aromatic N) is 1. The molecular weight excluding hydrogens is 310 g/mol. The SMILES string of the molecule is COc1cc(C(=O)O)cc(C(=O)N2CCCC3(CCOCC3)C2)c1. The van der Waals surface area contributed by atoms with Crippen molar-refractivity contribution in [2.75, 3.05) is 33.4 Å². The monoisotopic (exact) mass is 333 g/mol. The second-order valence-corrected chi connectivity index (χ2v) is 6.70. The van der Waals surface area contributed by atoms with Gasteiger partial charge in [-0.05, 0) is 49.3 Å². The molecule has 2 aliphatic rings. The van der Waals surface area contributed by atoms with E-state index >= 15 is 0 Å². The summed E-state index contributed by atoms with van der Waals surface area (Å²) in [5.41, 5.74) is 0.590. The first-order chi connectivity index (χ1) is 11.5. The Morgan fingerprint density at radius 3 is 2.54 bits per heavy atom. The molecule has 1 spiro atoms. The predicted octanol–water partition coefficient (Wildman–Crippen LogP) is 2.43. The molecule has 0 atom stereocenters. The molecule has 6 heteroatoms. The topological polar surface area (TPSA) is 76.1 Å². The minimum atomic E-state index is -1.07. The lowest BCUT2D eigenvalue weighted by atomic mass is 9.74. The Labute approximate surface area is 141 Å². The van der Waals surface area contributed by atoms with Gasteiger partial charge in [-0.25, -0.2) is 4.79 Å². The average Bonchev–Trinajstić information content (AvgIpc) is 2.61. The molecular formula is C18H23NO5. The summed E-state index contributed by atoms with van der Waals surface area (Å²) < 4.78 is 10.6. The van der Waals surface area contributed by atoms with E-state index in [9.17, 15) is 14.7 Å². The van der Waals surface area contributed by atoms with Crippen LogP contribution < -0.4 is 4.74 Å². The van der Waals surface area contributed by atoms with Gasteiger partial charge in [0, 0.05) is 31.9 Å². The third-order valence-electron chi connectivity index (χ3n) is 5.14. The number of hydrogen-bond acceptors (Lipinski definition) is 4. The Bertz CT molecular complexity index is 631. The van der Waals surface area contributed by atoms with Crippen LogP contribution in [0.2, 0.25) is 0 Å². The number of carboxylic acid groups (broad SMARTS) is 1. The van der Waals surface area contributed by atoms with Gasteiger partial charge in [0.05, 0.1) is 12.7 Å². The number of aromatic carboxylic acids is 1. The smallest absolute Gasteiger partial charge is 0.335 e. The maximum Gasteiger partial charge on any atom is 0.335 e. The van der Waals surface area contributed by atoms with Crippen molar-refractivity contribution in [2.24, 2.45) is 5.41 Å². The number of rotatable bonds is 3. The molecule has 1 amide bonds. The number of likely N-dealkylation sites (tertiary alicyclic amines) is 1. The van der Waals surface area contributed by atoms with E-state index < -0.39 is 5.97 Å². The van der Waals surface area contributed by atoms with E-state index in [4.69, 9.17) is 9.47 Å². The molecule has 24 heavy (non-hydrogen) atoms. The normalized spacial score (nSPS) is 20.0. The molecule has 2 fully saturated rings. The fourth-order valence-corrected chi connectivity index (χ4v) is 3.74. The van der Waals surface area contributed by atoms with Crippen molar-refractivity contribution in [3.63, 3.8) is 0 Å². The van der Waals surface area contributed by atoms with Crippen LogP contribution >= 0.6 is 0 Å². The summed E-state index contributed by atoms with van der Waals surface area (Å²) in [5.74, 6) is -0.805. The van der Waals surface area contributed by atoms with E-state index in [1.165, 1.54) is 19.2 Å². The van der Waals surface area contributed by atoms with Crippen LogP contribution in [-0.2, 0) is 4.74 Å². The highest BCUT2D eigenvalue weighted by atomic mass is 16.5. The lowest BCUT2D eigenvalue weighted by Gasteiger charge is -2.45. The number of benzene rings is 1. The van der Waals surface area contributed by atoms with Gasteiger partial charge in [0.15, 0.2) is 0 Å². The Kier molecular flexibility index (Phi) is 4.76. The summed E-state index contributed by atoms with van der Waals surface area (Å²) in [7, 11) is 1.47. The standard InChI is InChI=1S/C18H23NO5/c1-23-15-10-13(9-14(11-15)17(21)22)16(20)19-6-2-3-18(12-19)4-7-24-8-5-18/h9-11H,2-8,12H2,1H3,(H,21,22). The number of piperidine rings is 1. The quantitative estimate of drug-likeness (QED) is 0.919. The molecule has 130 valence electrons. The highest BCUT2D eigenvalue weighted by Crippen LogP contribution is 2.39. The zero-order chi connectivity index (χ0) is 17.2. The molecule has 0 bridgehead atoms. The third kappa shape index (κ3) is 3.38. The summed E-state index contributed by atoms with van der Waals surface area (Å²) >= 11 is 0. The van der Waals surface area contributed by atoms with Crippen LogP contribution in [0.4, 0.5) is 0 Å². The maximum atomic E-state index is 12.9. The van der Waals surface area contributed by atoms with Crippen LogP contribution in [0, 0.1) is 5.41 Å². The zero-order valence-electron chi connectivity index (χ0n) is 13.9. The van der Waals surface area contributed by atoms with E-state index in [1.807, 2.05) is 4.90 Å². The van der Waals surface area contributed by atoms with Crippen molar-refractivity contribution < 1.29 is 24.2 Å². The number of carboxylic acids is 1. The lowest BCUT2D eigenvalue weighted by Crippen LogP contribution is -2.48. The van der Waals surface area contributed by atoms with Crippen molar-refractivity contribution in [1.29, 1.82) is 0 Å². The van der Waals surface area contributed by atoms with Crippen molar-refractivity contribution in [3.05, 3.63) is 29.3 Å². The van der Waals surface area contributed by atoms with Gasteiger partial charge in [0.25, 0.3) is 5.91 Å². The molecule has 0 saturated carbocycles. The first kappa shape index (κ1) is 16.8. The van der Waals surface area contributed by atoms with Crippen molar-refractivity contribution in [3.8, 4) is 5.75 Å². The largest absolute Gasteiger partial charge is 0.497 e. The molecule has 6 nitrogen and oxygen atoms in total. The second-order valence-electron chi connectivity index (χ2n) is 6.70. The summed E-state index contributed by atoms with van der Waals surface area (Å²) in [6, 6.07) is 4.47. The Hall–Kier alpha value is -2.08. The average molecular weight is 333 g/mol. The molecule has 0 radical (unpaired) electrons. The van der Waals surface area contributed by atoms with Gasteiger partial charge in [-0.3, -0.25) is 4.79 Å². The molecule has 1 N–H and O–H groups in total. The van der Waals surface area contributed by atoms with Gasteiger partial charge in [-0.2, -0.15) is 0 Å². The molecule has 3 rings (SSSR count). The number of carbonyl (C=O) groups is 2. The zero-order valence-corrected chi connectivity index (χ0v) is 13.9. The summed E-state index contributed by atoms with van der Waals surface area (Å²) in [6.07, 6.45) is 4.06. The van der Waals surface area contributed by atoms with Gasteiger partial charge in [-0.15, -0.1) is 0 Å². The summed E-state index contributed by atoms with van der Waals surface area (Å²) in [5, 5.41) is 9.23. The fraction of sp³-hybridized carbons (Fsp3) is 0.556. The number of hydrogen-bond donors (Lipinski definition) is 1. The number of ether oxygens (including phenoxy) is 2. The molecule has 2 aliphatic heterocycles. The fourth-order valence-electron chi connectivity index (χ4n) is 3.74. The van der Waals surface area contributed by atoms with Crippen LogP contribution in [0.5, 0.6) is 5.75 Å². The van der Waals surface area contributed by atoms with Crippen LogP contribution in [0.1, 0.15) is 46.4 Å². The van der Waals surface area contributed by atoms with Crippen LogP contribution in [0.15, 0.2) is 18.2 Å². The van der Waals surface area contributed by atoms with E-state index in [0.717, 1.165) is 45.4 Å². The van der Waals surface area contributed by atoms with Gasteiger partial charge in [0.1, 0.15) is 5.75 Å². The summed E-state index contributed by atoms with van der Waals surface area (Å²) in [6.45, 7) is 2.94. The number of carbonyl (C=O) groups excluding carboxylic acids is 1. The first-order valence-corrected chi connectivity index (χ1v) is 8.32. The van der Waals surface area contributed by atoms with Gasteiger partial charge in [0.2, 0.25) is 0 Å². The number of methoxy groups -OCH3 is 1. The highest BCUT2D eigenvalue weighted by Gasteiger charge is 2.38. The van der Waals surface area contributed by atoms with Crippen LogP contribution in [-0.4, -0.2) is 55.3 Å². The van der Waals surface area contributed by atoms with Gasteiger partial charge in [-0.1, -0.05) is 0 Å². The van der Waals surface area contributed by atoms with Crippen molar-refractivity contribution >= 4 is 11.9 Å². The van der Waals surface area contributed by atoms with E-state index in [1.54, 1.807) is 6.07 Å². The minimum absolute atomic E-state index is 0.0653. The maximum absolute atomic E-state index is 12.9. The Morgan fingerprint density at radius 2 is 1.88 bits per heavy atom. The minimum Gasteiger partial charge on any atom is -0.497 e. The van der Waals surface area contributed by atoms with E-state index in [0.29, 0.717) is 17.9 Å². The van der Waals surface area contributed by atoms with Gasteiger partial charge < -0.3 is 19.5 Å². The molecule has 0 unspecified atom stereocenters. The first-order valence-electron chi connectivity index (χ1n) is 8.32. The summed E-state index contributed by atoms with van der Waals surface area (Å²) in [4.78, 5) is 26.0. The van der Waals surface area contributed by atoms with Crippen LogP contribution in [0.3, 0.4) is 0 Å². The third-order valence-corrected chi connectivity index (χ3v) is 5.14. The van der Waals surface area contributed by atoms with Crippen molar-refractivity contribution in [1.82, 2.24) is 4.90 Å².